The third-order valence-electron chi connectivity index (χ3n) is 4.36. The molecule has 0 saturated carbocycles. The van der Waals surface area contributed by atoms with Crippen molar-refractivity contribution in [3.8, 4) is 5.75 Å². The van der Waals surface area contributed by atoms with Gasteiger partial charge in [0.15, 0.2) is 5.82 Å². The van der Waals surface area contributed by atoms with E-state index in [1.54, 1.807) is 30.1 Å². The van der Waals surface area contributed by atoms with Crippen LogP contribution in [0.5, 0.6) is 5.75 Å². The van der Waals surface area contributed by atoms with E-state index in [4.69, 9.17) is 15.2 Å². The molecule has 28 heavy (non-hydrogen) atoms. The molecule has 1 aromatic carbocycles. The number of hydrogen-bond acceptors (Lipinski definition) is 8. The van der Waals surface area contributed by atoms with Gasteiger partial charge in [0.25, 0.3) is 0 Å². The average Bonchev–Trinajstić information content (AvgIpc) is 3.10. The Balaban J connectivity index is 1.97. The number of fused-ring (bicyclic) bond motifs is 1. The zero-order valence-electron chi connectivity index (χ0n) is 16.2. The van der Waals surface area contributed by atoms with Crippen molar-refractivity contribution in [1.29, 1.82) is 0 Å². The second-order valence-electron chi connectivity index (χ2n) is 6.27. The lowest BCUT2D eigenvalue weighted by atomic mass is 10.1. The van der Waals surface area contributed by atoms with Crippen LogP contribution in [0, 0.1) is 0 Å². The number of nitrogens with zero attached hydrogens (tertiary/aromatic N) is 4. The second-order valence-corrected chi connectivity index (χ2v) is 6.27. The van der Waals surface area contributed by atoms with Gasteiger partial charge in [0, 0.05) is 12.1 Å². The molecule has 0 bridgehead atoms. The Morgan fingerprint density at radius 1 is 1.29 bits per heavy atom. The molecule has 0 saturated heterocycles. The fourth-order valence-electron chi connectivity index (χ4n) is 2.92. The number of unbranched alkanes of at least 4 members (excludes halogenated alkanes) is 1. The maximum atomic E-state index is 11.8. The van der Waals surface area contributed by atoms with Crippen LogP contribution >= 0.6 is 0 Å². The van der Waals surface area contributed by atoms with Crippen molar-refractivity contribution in [1.82, 2.24) is 19.7 Å². The smallest absolute Gasteiger partial charge is 0.337 e. The zero-order chi connectivity index (χ0) is 20.1. The monoisotopic (exact) mass is 384 g/mol. The van der Waals surface area contributed by atoms with Crippen molar-refractivity contribution < 1.29 is 14.3 Å². The highest BCUT2D eigenvalue weighted by Crippen LogP contribution is 2.26. The zero-order valence-corrected chi connectivity index (χ0v) is 16.2. The third kappa shape index (κ3) is 3.98. The summed E-state index contributed by atoms with van der Waals surface area (Å²) in [6.07, 6.45) is 3.75. The number of aromatic nitrogens is 4. The molecule has 3 aromatic rings. The van der Waals surface area contributed by atoms with Crippen molar-refractivity contribution in [3.05, 3.63) is 35.5 Å². The first kappa shape index (κ1) is 19.4. The van der Waals surface area contributed by atoms with Gasteiger partial charge in [-0.25, -0.2) is 9.78 Å². The van der Waals surface area contributed by atoms with E-state index in [1.165, 1.54) is 7.11 Å². The van der Waals surface area contributed by atoms with Gasteiger partial charge in [-0.3, -0.25) is 4.68 Å². The minimum Gasteiger partial charge on any atom is -0.496 e. The molecule has 0 amide bonds. The molecule has 0 aliphatic rings. The predicted molar refractivity (Wildman–Crippen MR) is 107 cm³/mol. The lowest BCUT2D eigenvalue weighted by Crippen LogP contribution is -2.10. The number of rotatable bonds is 8. The molecule has 0 atom stereocenters. The number of nitrogen functional groups attached to an aromatic ring is 1. The number of esters is 1. The summed E-state index contributed by atoms with van der Waals surface area (Å²) in [5, 5.41) is 7.76. The van der Waals surface area contributed by atoms with E-state index in [0.29, 0.717) is 29.2 Å². The largest absolute Gasteiger partial charge is 0.496 e. The Kier molecular flexibility index (Phi) is 5.93. The molecule has 148 valence electrons. The molecule has 0 fully saturated rings. The highest BCUT2D eigenvalue weighted by molar-refractivity contribution is 5.90. The van der Waals surface area contributed by atoms with E-state index in [2.05, 4.69) is 27.3 Å². The fraction of sp³-hybridized carbons (Fsp3) is 0.368. The Hall–Kier alpha value is -3.36. The lowest BCUT2D eigenvalue weighted by molar-refractivity contribution is 0.0600. The van der Waals surface area contributed by atoms with Crippen LogP contribution in [0.2, 0.25) is 0 Å². The summed E-state index contributed by atoms with van der Waals surface area (Å²) in [5.41, 5.74) is 8.54. The molecule has 0 aliphatic carbocycles. The van der Waals surface area contributed by atoms with Gasteiger partial charge in [0.05, 0.1) is 32.5 Å². The van der Waals surface area contributed by atoms with Gasteiger partial charge in [-0.05, 0) is 18.6 Å². The SMILES string of the molecule is CCCCNc1nc(N)nc2cnn(Cc3ccc(C(=O)OC)cc3OC)c12. The lowest BCUT2D eigenvalue weighted by Gasteiger charge is -2.13. The molecule has 3 rings (SSSR count). The van der Waals surface area contributed by atoms with Crippen LogP contribution in [0.1, 0.15) is 35.7 Å². The fourth-order valence-corrected chi connectivity index (χ4v) is 2.92. The molecule has 0 unspecified atom stereocenters. The molecule has 9 nitrogen and oxygen atoms in total. The summed E-state index contributed by atoms with van der Waals surface area (Å²) >= 11 is 0. The van der Waals surface area contributed by atoms with E-state index >= 15 is 0 Å². The van der Waals surface area contributed by atoms with Gasteiger partial charge in [0.2, 0.25) is 5.95 Å². The first-order valence-corrected chi connectivity index (χ1v) is 9.05. The van der Waals surface area contributed by atoms with Crippen LogP contribution in [0.15, 0.2) is 24.4 Å². The van der Waals surface area contributed by atoms with Crippen LogP contribution in [0.3, 0.4) is 0 Å². The van der Waals surface area contributed by atoms with E-state index in [1.807, 2.05) is 6.07 Å². The summed E-state index contributed by atoms with van der Waals surface area (Å²) in [5.74, 6) is 1.01. The molecular weight excluding hydrogens is 360 g/mol. The topological polar surface area (TPSA) is 117 Å². The van der Waals surface area contributed by atoms with E-state index in [0.717, 1.165) is 30.5 Å². The summed E-state index contributed by atoms with van der Waals surface area (Å²) in [6.45, 7) is 3.33. The number of carbonyl (C=O) groups is 1. The van der Waals surface area contributed by atoms with Crippen molar-refractivity contribution in [3.63, 3.8) is 0 Å². The molecule has 0 aliphatic heterocycles. The van der Waals surface area contributed by atoms with Crippen molar-refractivity contribution in [2.45, 2.75) is 26.3 Å². The maximum absolute atomic E-state index is 11.8. The van der Waals surface area contributed by atoms with Gasteiger partial charge in [0.1, 0.15) is 16.8 Å². The van der Waals surface area contributed by atoms with Gasteiger partial charge >= 0.3 is 5.97 Å². The van der Waals surface area contributed by atoms with Crippen LogP contribution in [0.4, 0.5) is 11.8 Å². The first-order chi connectivity index (χ1) is 13.6. The van der Waals surface area contributed by atoms with Crippen LogP contribution < -0.4 is 15.8 Å². The van der Waals surface area contributed by atoms with Crippen molar-refractivity contribution in [2.24, 2.45) is 0 Å². The van der Waals surface area contributed by atoms with Gasteiger partial charge in [-0.15, -0.1) is 0 Å². The molecule has 2 aromatic heterocycles. The van der Waals surface area contributed by atoms with Gasteiger partial charge in [-0.1, -0.05) is 19.4 Å². The molecule has 9 heteroatoms. The number of methoxy groups -OCH3 is 2. The number of anilines is 2. The number of nitrogens with two attached hydrogens (primary N) is 1. The maximum Gasteiger partial charge on any atom is 0.337 e. The predicted octanol–water partition coefficient (Wildman–Crippen LogP) is 2.46. The number of hydrogen-bond donors (Lipinski definition) is 2. The minimum atomic E-state index is -0.416. The summed E-state index contributed by atoms with van der Waals surface area (Å²) in [7, 11) is 2.90. The van der Waals surface area contributed by atoms with E-state index < -0.39 is 5.97 Å². The van der Waals surface area contributed by atoms with Crippen molar-refractivity contribution >= 4 is 28.8 Å². The van der Waals surface area contributed by atoms with Gasteiger partial charge in [-0.2, -0.15) is 10.1 Å². The minimum absolute atomic E-state index is 0.200. The van der Waals surface area contributed by atoms with Crippen LogP contribution in [0.25, 0.3) is 11.0 Å². The van der Waals surface area contributed by atoms with Crippen LogP contribution in [-0.2, 0) is 11.3 Å². The molecule has 0 spiro atoms. The van der Waals surface area contributed by atoms with E-state index in [9.17, 15) is 4.79 Å². The number of carbonyl (C=O) groups excluding carboxylic acids is 1. The van der Waals surface area contributed by atoms with Crippen LogP contribution in [-0.4, -0.2) is 46.5 Å². The highest BCUT2D eigenvalue weighted by atomic mass is 16.5. The summed E-state index contributed by atoms with van der Waals surface area (Å²) in [6, 6.07) is 5.17. The standard InChI is InChI=1S/C19H24N6O3/c1-4-5-8-21-17-16-14(23-19(20)24-17)10-22-25(16)11-13-7-6-12(18(26)28-3)9-15(13)27-2/h6-7,9-10H,4-5,8,11H2,1-3H3,(H3,20,21,23,24). The normalized spacial score (nSPS) is 10.8. The highest BCUT2D eigenvalue weighted by Gasteiger charge is 2.16. The Morgan fingerprint density at radius 2 is 2.11 bits per heavy atom. The molecule has 3 N–H and O–H groups in total. The average molecular weight is 384 g/mol. The first-order valence-electron chi connectivity index (χ1n) is 9.05. The van der Waals surface area contributed by atoms with Gasteiger partial charge < -0.3 is 20.5 Å². The Morgan fingerprint density at radius 3 is 2.82 bits per heavy atom. The summed E-state index contributed by atoms with van der Waals surface area (Å²) in [4.78, 5) is 20.4. The quantitative estimate of drug-likeness (QED) is 0.449. The van der Waals surface area contributed by atoms with E-state index in [-0.39, 0.29) is 5.95 Å². The Labute approximate surface area is 162 Å². The summed E-state index contributed by atoms with van der Waals surface area (Å²) < 4.78 is 12.0. The number of benzene rings is 1. The number of nitrogens with one attached hydrogen (secondary N) is 1. The number of ether oxygens (including phenoxy) is 2. The third-order valence-corrected chi connectivity index (χ3v) is 4.36. The van der Waals surface area contributed by atoms with Crippen molar-refractivity contribution in [2.75, 3.05) is 31.8 Å². The molecular formula is C19H24N6O3. The Bertz CT molecular complexity index is 985. The molecule has 0 radical (unpaired) electrons. The molecule has 2 heterocycles. The second kappa shape index (κ2) is 8.55.